The second-order valence-electron chi connectivity index (χ2n) is 5.47. The topological polar surface area (TPSA) is 62.7 Å². The van der Waals surface area contributed by atoms with E-state index in [1.807, 2.05) is 10.3 Å². The van der Waals surface area contributed by atoms with Crippen LogP contribution < -0.4 is 0 Å². The summed E-state index contributed by atoms with van der Waals surface area (Å²) in [6.45, 7) is 8.02. The molecule has 0 atom stereocenters. The lowest BCUT2D eigenvalue weighted by Crippen LogP contribution is -2.32. The van der Waals surface area contributed by atoms with Gasteiger partial charge in [0.1, 0.15) is 5.01 Å². The summed E-state index contributed by atoms with van der Waals surface area (Å²) in [4.78, 5) is 17.2. The molecule has 1 N–H and O–H groups in total. The van der Waals surface area contributed by atoms with Crippen LogP contribution in [0.15, 0.2) is 5.38 Å². The summed E-state index contributed by atoms with van der Waals surface area (Å²) in [6, 6.07) is 0. The Balaban J connectivity index is 2.67. The number of ether oxygens (including phenoxy) is 1. The molecule has 0 fully saturated rings. The number of nitrogens with zero attached hydrogens (tertiary/aromatic N) is 2. The predicted molar refractivity (Wildman–Crippen MR) is 75.6 cm³/mol. The molecule has 108 valence electrons. The zero-order valence-electron chi connectivity index (χ0n) is 12.0. The van der Waals surface area contributed by atoms with Gasteiger partial charge in [-0.1, -0.05) is 20.8 Å². The van der Waals surface area contributed by atoms with Crippen LogP contribution in [0.25, 0.3) is 0 Å². The molecule has 19 heavy (non-hydrogen) atoms. The summed E-state index contributed by atoms with van der Waals surface area (Å²) in [5, 5.41) is 11.9. The average Bonchev–Trinajstić information content (AvgIpc) is 2.73. The predicted octanol–water partition coefficient (Wildman–Crippen LogP) is 1.97. The van der Waals surface area contributed by atoms with Crippen LogP contribution in [0.5, 0.6) is 0 Å². The standard InChI is InChI=1S/C13H22N2O3S/c1-13(2,3)10-9-19-11(14-10)7-15(5-6-18-4)8-12(16)17/h9H,5-8H2,1-4H3,(H,16,17). The van der Waals surface area contributed by atoms with Crippen molar-refractivity contribution in [1.29, 1.82) is 0 Å². The number of carboxylic acid groups (broad SMARTS) is 1. The molecule has 1 heterocycles. The number of carbonyl (C=O) groups is 1. The van der Waals surface area contributed by atoms with E-state index in [2.05, 4.69) is 25.8 Å². The Morgan fingerprint density at radius 1 is 1.53 bits per heavy atom. The average molecular weight is 286 g/mol. The van der Waals surface area contributed by atoms with Gasteiger partial charge in [0.2, 0.25) is 0 Å². The van der Waals surface area contributed by atoms with Crippen LogP contribution in [0.1, 0.15) is 31.5 Å². The van der Waals surface area contributed by atoms with Crippen molar-refractivity contribution in [3.63, 3.8) is 0 Å². The molecule has 0 aliphatic rings. The second kappa shape index (κ2) is 6.98. The Morgan fingerprint density at radius 2 is 2.21 bits per heavy atom. The minimum atomic E-state index is -0.830. The Bertz CT molecular complexity index is 412. The highest BCUT2D eigenvalue weighted by Gasteiger charge is 2.19. The monoisotopic (exact) mass is 286 g/mol. The van der Waals surface area contributed by atoms with Crippen LogP contribution >= 0.6 is 11.3 Å². The Kier molecular flexibility index (Phi) is 5.90. The molecular formula is C13H22N2O3S. The van der Waals surface area contributed by atoms with Crippen molar-refractivity contribution < 1.29 is 14.6 Å². The van der Waals surface area contributed by atoms with Gasteiger partial charge in [0.05, 0.1) is 25.4 Å². The van der Waals surface area contributed by atoms with Crippen molar-refractivity contribution in [3.8, 4) is 0 Å². The van der Waals surface area contributed by atoms with Crippen molar-refractivity contribution in [2.45, 2.75) is 32.7 Å². The fourth-order valence-corrected chi connectivity index (χ4v) is 2.61. The van der Waals surface area contributed by atoms with Gasteiger partial charge >= 0.3 is 5.97 Å². The maximum absolute atomic E-state index is 10.8. The molecule has 5 nitrogen and oxygen atoms in total. The highest BCUT2D eigenvalue weighted by atomic mass is 32.1. The molecule has 0 bridgehead atoms. The summed E-state index contributed by atoms with van der Waals surface area (Å²) >= 11 is 1.58. The fourth-order valence-electron chi connectivity index (χ4n) is 1.54. The molecule has 1 rings (SSSR count). The number of aromatic nitrogens is 1. The molecule has 1 aromatic heterocycles. The van der Waals surface area contributed by atoms with Crippen LogP contribution in [0.4, 0.5) is 0 Å². The number of thiazole rings is 1. The molecule has 0 saturated carbocycles. The minimum Gasteiger partial charge on any atom is -0.480 e. The normalized spacial score (nSPS) is 12.1. The Morgan fingerprint density at radius 3 is 2.68 bits per heavy atom. The lowest BCUT2D eigenvalue weighted by Gasteiger charge is -2.18. The van der Waals surface area contributed by atoms with E-state index in [9.17, 15) is 4.79 Å². The number of hydrogen-bond donors (Lipinski definition) is 1. The van der Waals surface area contributed by atoms with Gasteiger partial charge < -0.3 is 9.84 Å². The van der Waals surface area contributed by atoms with E-state index in [-0.39, 0.29) is 12.0 Å². The third-order valence-electron chi connectivity index (χ3n) is 2.65. The minimum absolute atomic E-state index is 0.00773. The first kappa shape index (κ1) is 16.1. The highest BCUT2D eigenvalue weighted by molar-refractivity contribution is 7.09. The molecular weight excluding hydrogens is 264 g/mol. The molecule has 0 spiro atoms. The third kappa shape index (κ3) is 5.67. The summed E-state index contributed by atoms with van der Waals surface area (Å²) < 4.78 is 5.00. The molecule has 0 aliphatic heterocycles. The van der Waals surface area contributed by atoms with Crippen LogP contribution in [-0.2, 0) is 21.5 Å². The SMILES string of the molecule is COCCN(CC(=O)O)Cc1nc(C(C)(C)C)cs1. The van der Waals surface area contributed by atoms with E-state index in [0.29, 0.717) is 19.7 Å². The van der Waals surface area contributed by atoms with E-state index in [4.69, 9.17) is 9.84 Å². The fraction of sp³-hybridized carbons (Fsp3) is 0.692. The van der Waals surface area contributed by atoms with Crippen LogP contribution in [-0.4, -0.2) is 47.8 Å². The molecule has 0 amide bonds. The van der Waals surface area contributed by atoms with E-state index in [0.717, 1.165) is 10.7 Å². The molecule has 0 unspecified atom stereocenters. The van der Waals surface area contributed by atoms with Crippen molar-refractivity contribution in [3.05, 3.63) is 16.1 Å². The quantitative estimate of drug-likeness (QED) is 0.830. The van der Waals surface area contributed by atoms with E-state index in [1.165, 1.54) is 0 Å². The number of methoxy groups -OCH3 is 1. The zero-order valence-corrected chi connectivity index (χ0v) is 12.8. The van der Waals surface area contributed by atoms with Gasteiger partial charge in [-0.2, -0.15) is 0 Å². The van der Waals surface area contributed by atoms with Gasteiger partial charge in [0.15, 0.2) is 0 Å². The Hall–Kier alpha value is -0.980. The van der Waals surface area contributed by atoms with Gasteiger partial charge in [-0.05, 0) is 0 Å². The molecule has 1 aromatic rings. The van der Waals surface area contributed by atoms with Gasteiger partial charge in [-0.3, -0.25) is 9.69 Å². The zero-order chi connectivity index (χ0) is 14.5. The summed E-state index contributed by atoms with van der Waals surface area (Å²) in [5.74, 6) is -0.830. The largest absolute Gasteiger partial charge is 0.480 e. The van der Waals surface area contributed by atoms with E-state index >= 15 is 0 Å². The number of aliphatic carboxylic acids is 1. The van der Waals surface area contributed by atoms with Crippen LogP contribution in [0, 0.1) is 0 Å². The van der Waals surface area contributed by atoms with Crippen molar-refractivity contribution >= 4 is 17.3 Å². The number of rotatable bonds is 7. The maximum Gasteiger partial charge on any atom is 0.317 e. The van der Waals surface area contributed by atoms with E-state index in [1.54, 1.807) is 18.4 Å². The smallest absolute Gasteiger partial charge is 0.317 e. The Labute approximate surface area is 118 Å². The molecule has 0 saturated heterocycles. The van der Waals surface area contributed by atoms with E-state index < -0.39 is 5.97 Å². The summed E-state index contributed by atoms with van der Waals surface area (Å²) in [6.07, 6.45) is 0. The summed E-state index contributed by atoms with van der Waals surface area (Å²) in [5.41, 5.74) is 1.08. The first-order valence-corrected chi connectivity index (χ1v) is 7.09. The summed E-state index contributed by atoms with van der Waals surface area (Å²) in [7, 11) is 1.61. The molecule has 0 radical (unpaired) electrons. The van der Waals surface area contributed by atoms with Crippen LogP contribution in [0.3, 0.4) is 0 Å². The van der Waals surface area contributed by atoms with Crippen molar-refractivity contribution in [2.75, 3.05) is 26.8 Å². The lowest BCUT2D eigenvalue weighted by molar-refractivity contribution is -0.138. The van der Waals surface area contributed by atoms with Crippen molar-refractivity contribution in [2.24, 2.45) is 0 Å². The lowest BCUT2D eigenvalue weighted by atomic mass is 9.93. The maximum atomic E-state index is 10.8. The number of carboxylic acids is 1. The molecule has 0 aliphatic carbocycles. The van der Waals surface area contributed by atoms with Gasteiger partial charge in [-0.25, -0.2) is 4.98 Å². The van der Waals surface area contributed by atoms with Gasteiger partial charge in [0.25, 0.3) is 0 Å². The highest BCUT2D eigenvalue weighted by Crippen LogP contribution is 2.24. The van der Waals surface area contributed by atoms with Gasteiger partial charge in [0, 0.05) is 24.4 Å². The first-order chi connectivity index (χ1) is 8.82. The van der Waals surface area contributed by atoms with Gasteiger partial charge in [-0.15, -0.1) is 11.3 Å². The second-order valence-corrected chi connectivity index (χ2v) is 6.42. The molecule has 0 aromatic carbocycles. The third-order valence-corrected chi connectivity index (χ3v) is 3.48. The van der Waals surface area contributed by atoms with Crippen LogP contribution in [0.2, 0.25) is 0 Å². The van der Waals surface area contributed by atoms with Crippen molar-refractivity contribution in [1.82, 2.24) is 9.88 Å². The molecule has 6 heteroatoms. The number of hydrogen-bond acceptors (Lipinski definition) is 5. The first-order valence-electron chi connectivity index (χ1n) is 6.21.